The molecule has 0 aliphatic carbocycles. The van der Waals surface area contributed by atoms with E-state index < -0.39 is 0 Å². The number of rotatable bonds is 5. The summed E-state index contributed by atoms with van der Waals surface area (Å²) < 4.78 is 16.9. The maximum Gasteiger partial charge on any atom is 0.204 e. The summed E-state index contributed by atoms with van der Waals surface area (Å²) in [6.07, 6.45) is 0. The molecule has 6 heteroatoms. The number of pyridine rings is 1. The summed E-state index contributed by atoms with van der Waals surface area (Å²) in [5.41, 5.74) is 4.28. The molecule has 1 N–H and O–H groups in total. The van der Waals surface area contributed by atoms with E-state index >= 15 is 0 Å². The summed E-state index contributed by atoms with van der Waals surface area (Å²) >= 11 is 5.31. The molecule has 0 unspecified atom stereocenters. The fourth-order valence-corrected chi connectivity index (χ4v) is 3.30. The van der Waals surface area contributed by atoms with E-state index in [2.05, 4.69) is 4.98 Å². The molecule has 1 heterocycles. The highest BCUT2D eigenvalue weighted by molar-refractivity contribution is 7.71. The fraction of sp³-hybridized carbons (Fsp3) is 0.368. The number of ketones is 1. The van der Waals surface area contributed by atoms with Gasteiger partial charge in [0.2, 0.25) is 5.75 Å². The summed E-state index contributed by atoms with van der Waals surface area (Å²) in [4.78, 5) is 16.5. The standard InChI is InChI=1S/C19H23NO4S/c1-9-8-13(22-5)17(23-6)18(24-7)14(9)16(21)15-10(2)11(3)19(25)20-12(15)4/h8H,1-7H3,(H,20,25). The van der Waals surface area contributed by atoms with Gasteiger partial charge in [-0.1, -0.05) is 12.2 Å². The first-order valence-electron chi connectivity index (χ1n) is 7.82. The zero-order valence-electron chi connectivity index (χ0n) is 15.6. The Morgan fingerprint density at radius 2 is 1.52 bits per heavy atom. The number of hydrogen-bond acceptors (Lipinski definition) is 5. The second kappa shape index (κ2) is 7.27. The molecule has 0 atom stereocenters. The van der Waals surface area contributed by atoms with Crippen molar-refractivity contribution in [3.8, 4) is 17.2 Å². The van der Waals surface area contributed by atoms with Crippen LogP contribution < -0.4 is 14.2 Å². The molecule has 1 aromatic heterocycles. The smallest absolute Gasteiger partial charge is 0.204 e. The molecule has 0 amide bonds. The van der Waals surface area contributed by atoms with Crippen LogP contribution in [-0.4, -0.2) is 32.1 Å². The second-order valence-corrected chi connectivity index (χ2v) is 6.28. The predicted molar refractivity (Wildman–Crippen MR) is 100 cm³/mol. The second-order valence-electron chi connectivity index (χ2n) is 5.87. The Morgan fingerprint density at radius 3 is 2.04 bits per heavy atom. The SMILES string of the molecule is COc1cc(C)c(C(=O)c2c(C)[nH]c(=S)c(C)c2C)c(OC)c1OC. The number of nitrogens with one attached hydrogen (secondary N) is 1. The third-order valence-electron chi connectivity index (χ3n) is 4.44. The number of aryl methyl sites for hydroxylation is 2. The Morgan fingerprint density at radius 1 is 0.920 bits per heavy atom. The monoisotopic (exact) mass is 361 g/mol. The van der Waals surface area contributed by atoms with Gasteiger partial charge in [0.05, 0.1) is 26.9 Å². The molecule has 0 spiro atoms. The summed E-state index contributed by atoms with van der Waals surface area (Å²) in [6, 6.07) is 1.78. The summed E-state index contributed by atoms with van der Waals surface area (Å²) in [7, 11) is 4.58. The molecule has 25 heavy (non-hydrogen) atoms. The number of methoxy groups -OCH3 is 3. The summed E-state index contributed by atoms with van der Waals surface area (Å²) in [5.74, 6) is 1.14. The Kier molecular flexibility index (Phi) is 5.52. The molecule has 0 aliphatic heterocycles. The quantitative estimate of drug-likeness (QED) is 0.638. The lowest BCUT2D eigenvalue weighted by molar-refractivity contribution is 0.103. The highest BCUT2D eigenvalue weighted by Crippen LogP contribution is 2.43. The Hall–Kier alpha value is -2.34. The Balaban J connectivity index is 2.82. The van der Waals surface area contributed by atoms with Crippen molar-refractivity contribution >= 4 is 18.0 Å². The number of carbonyl (C=O) groups is 1. The maximum absolute atomic E-state index is 13.4. The van der Waals surface area contributed by atoms with E-state index in [0.29, 0.717) is 33.0 Å². The molecule has 0 radical (unpaired) electrons. The number of aromatic nitrogens is 1. The first-order valence-corrected chi connectivity index (χ1v) is 8.23. The number of hydrogen-bond donors (Lipinski definition) is 1. The summed E-state index contributed by atoms with van der Waals surface area (Å²) in [5, 5.41) is 0. The highest BCUT2D eigenvalue weighted by atomic mass is 32.1. The molecule has 2 aromatic rings. The Bertz CT molecular complexity index is 900. The van der Waals surface area contributed by atoms with Crippen molar-refractivity contribution in [1.29, 1.82) is 0 Å². The molecule has 0 fully saturated rings. The van der Waals surface area contributed by atoms with Crippen molar-refractivity contribution in [3.63, 3.8) is 0 Å². The molecule has 134 valence electrons. The molecule has 0 saturated heterocycles. The molecule has 2 rings (SSSR count). The van der Waals surface area contributed by atoms with Crippen molar-refractivity contribution < 1.29 is 19.0 Å². The molecular weight excluding hydrogens is 338 g/mol. The van der Waals surface area contributed by atoms with E-state index in [-0.39, 0.29) is 5.78 Å². The van der Waals surface area contributed by atoms with E-state index in [9.17, 15) is 4.79 Å². The molecule has 5 nitrogen and oxygen atoms in total. The minimum absolute atomic E-state index is 0.139. The minimum Gasteiger partial charge on any atom is -0.493 e. The fourth-order valence-electron chi connectivity index (χ4n) is 2.99. The third kappa shape index (κ3) is 3.14. The average molecular weight is 361 g/mol. The zero-order chi connectivity index (χ0) is 18.9. The number of carbonyl (C=O) groups excluding carboxylic acids is 1. The molecule has 0 bridgehead atoms. The van der Waals surface area contributed by atoms with Crippen molar-refractivity contribution in [2.45, 2.75) is 27.7 Å². The van der Waals surface area contributed by atoms with Gasteiger partial charge in [-0.05, 0) is 50.5 Å². The number of aromatic amines is 1. The third-order valence-corrected chi connectivity index (χ3v) is 4.84. The van der Waals surface area contributed by atoms with Crippen LogP contribution in [0, 0.1) is 32.3 Å². The van der Waals surface area contributed by atoms with Crippen LogP contribution in [-0.2, 0) is 0 Å². The van der Waals surface area contributed by atoms with E-state index in [1.807, 2.05) is 27.7 Å². The van der Waals surface area contributed by atoms with Gasteiger partial charge in [0, 0.05) is 11.3 Å². The lowest BCUT2D eigenvalue weighted by Gasteiger charge is -2.19. The molecule has 0 saturated carbocycles. The molecule has 1 aromatic carbocycles. The van der Waals surface area contributed by atoms with Crippen molar-refractivity contribution in [2.24, 2.45) is 0 Å². The van der Waals surface area contributed by atoms with Crippen LogP contribution in [0.3, 0.4) is 0 Å². The van der Waals surface area contributed by atoms with E-state index in [0.717, 1.165) is 22.4 Å². The van der Waals surface area contributed by atoms with E-state index in [1.165, 1.54) is 14.2 Å². The normalized spacial score (nSPS) is 10.5. The Labute approximate surface area is 152 Å². The summed E-state index contributed by atoms with van der Waals surface area (Å²) in [6.45, 7) is 7.50. The van der Waals surface area contributed by atoms with E-state index in [1.54, 1.807) is 13.2 Å². The van der Waals surface area contributed by atoms with Gasteiger partial charge < -0.3 is 19.2 Å². The van der Waals surface area contributed by atoms with Crippen LogP contribution in [0.1, 0.15) is 38.3 Å². The van der Waals surface area contributed by atoms with Crippen LogP contribution in [0.15, 0.2) is 6.07 Å². The zero-order valence-corrected chi connectivity index (χ0v) is 16.4. The lowest BCUT2D eigenvalue weighted by atomic mass is 9.92. The highest BCUT2D eigenvalue weighted by Gasteiger charge is 2.27. The maximum atomic E-state index is 13.4. The number of benzene rings is 1. The van der Waals surface area contributed by atoms with E-state index in [4.69, 9.17) is 26.4 Å². The van der Waals surface area contributed by atoms with Gasteiger partial charge in [-0.15, -0.1) is 0 Å². The molecular formula is C19H23NO4S. The van der Waals surface area contributed by atoms with Crippen LogP contribution in [0.2, 0.25) is 0 Å². The van der Waals surface area contributed by atoms with Gasteiger partial charge in [-0.25, -0.2) is 0 Å². The van der Waals surface area contributed by atoms with Crippen LogP contribution in [0.4, 0.5) is 0 Å². The van der Waals surface area contributed by atoms with Gasteiger partial charge in [0.25, 0.3) is 0 Å². The van der Waals surface area contributed by atoms with Crippen molar-refractivity contribution in [1.82, 2.24) is 4.98 Å². The average Bonchev–Trinajstić information content (AvgIpc) is 2.58. The first-order chi connectivity index (χ1) is 11.8. The number of H-pyrrole nitrogens is 1. The van der Waals surface area contributed by atoms with Gasteiger partial charge in [-0.2, -0.15) is 0 Å². The van der Waals surface area contributed by atoms with Gasteiger partial charge in [0.1, 0.15) is 4.64 Å². The van der Waals surface area contributed by atoms with Gasteiger partial charge in [0.15, 0.2) is 17.3 Å². The van der Waals surface area contributed by atoms with Crippen LogP contribution in [0.25, 0.3) is 0 Å². The van der Waals surface area contributed by atoms with Gasteiger partial charge >= 0.3 is 0 Å². The van der Waals surface area contributed by atoms with Crippen LogP contribution >= 0.6 is 12.2 Å². The lowest BCUT2D eigenvalue weighted by Crippen LogP contribution is -2.13. The predicted octanol–water partition coefficient (Wildman–Crippen LogP) is 4.23. The topological polar surface area (TPSA) is 60.6 Å². The largest absolute Gasteiger partial charge is 0.493 e. The first kappa shape index (κ1) is 19.0. The van der Waals surface area contributed by atoms with Crippen LogP contribution in [0.5, 0.6) is 17.2 Å². The molecule has 0 aliphatic rings. The van der Waals surface area contributed by atoms with Gasteiger partial charge in [-0.3, -0.25) is 4.79 Å². The van der Waals surface area contributed by atoms with Crippen molar-refractivity contribution in [3.05, 3.63) is 44.2 Å². The number of ether oxygens (including phenoxy) is 3. The van der Waals surface area contributed by atoms with Crippen molar-refractivity contribution in [2.75, 3.05) is 21.3 Å². The minimum atomic E-state index is -0.139.